The van der Waals surface area contributed by atoms with Gasteiger partial charge in [0.25, 0.3) is 5.91 Å². The van der Waals surface area contributed by atoms with Gasteiger partial charge in [0, 0.05) is 11.3 Å². The molecule has 0 fully saturated rings. The number of aliphatic hydroxyl groups is 1. The van der Waals surface area contributed by atoms with Gasteiger partial charge in [0.1, 0.15) is 5.75 Å². The van der Waals surface area contributed by atoms with E-state index < -0.39 is 26.0 Å². The maximum absolute atomic E-state index is 13.1. The van der Waals surface area contributed by atoms with Crippen LogP contribution in [0.2, 0.25) is 0 Å². The maximum Gasteiger partial charge on any atom is 0.341 e. The summed E-state index contributed by atoms with van der Waals surface area (Å²) in [6.45, 7) is 7.78. The topological polar surface area (TPSA) is 111 Å². The van der Waals surface area contributed by atoms with E-state index in [1.165, 1.54) is 32.1 Å². The van der Waals surface area contributed by atoms with Crippen LogP contribution < -0.4 is 10.1 Å². The highest BCUT2D eigenvalue weighted by Gasteiger charge is 2.38. The number of nitrogens with one attached hydrogen (secondary N) is 1. The second-order valence-corrected chi connectivity index (χ2v) is 11.9. The molecule has 0 radical (unpaired) electrons. The van der Waals surface area contributed by atoms with Gasteiger partial charge >= 0.3 is 20.6 Å². The molecule has 43 heavy (non-hydrogen) atoms. The molecular weight excluding hydrogens is 565 g/mol. The van der Waals surface area contributed by atoms with E-state index in [2.05, 4.69) is 12.2 Å². The van der Waals surface area contributed by atoms with Crippen LogP contribution in [0, 0.1) is 5.41 Å². The van der Waals surface area contributed by atoms with E-state index in [4.69, 9.17) is 14.0 Å². The van der Waals surface area contributed by atoms with Gasteiger partial charge in [-0.15, -0.1) is 0 Å². The van der Waals surface area contributed by atoms with Crippen molar-refractivity contribution >= 4 is 26.3 Å². The number of hydrogen-bond donors (Lipinski definition) is 2. The molecule has 0 spiro atoms. The summed E-state index contributed by atoms with van der Waals surface area (Å²) in [7, 11) is -0.870. The maximum atomic E-state index is 13.1. The average Bonchev–Trinajstić information content (AvgIpc) is 2.97. The third-order valence-corrected chi connectivity index (χ3v) is 7.19. The first-order valence-corrected chi connectivity index (χ1v) is 15.5. The number of para-hydroxylation sites is 1. The molecule has 0 aliphatic carbocycles. The van der Waals surface area contributed by atoms with Crippen molar-refractivity contribution < 1.29 is 33.3 Å². The zero-order valence-corrected chi connectivity index (χ0v) is 26.3. The number of hydrogen-bond acceptors (Lipinski definition) is 7. The van der Waals surface area contributed by atoms with E-state index >= 15 is 0 Å². The lowest BCUT2D eigenvalue weighted by Crippen LogP contribution is -2.41. The first-order chi connectivity index (χ1) is 20.5. The highest BCUT2D eigenvalue weighted by atomic mass is 31.1. The zero-order chi connectivity index (χ0) is 31.3. The fraction of sp³-hybridized carbons (Fsp3) is 0.412. The van der Waals surface area contributed by atoms with Crippen LogP contribution in [0.4, 0.5) is 5.69 Å². The molecule has 2 N–H and O–H groups in total. The first kappa shape index (κ1) is 33.9. The summed E-state index contributed by atoms with van der Waals surface area (Å²) < 4.78 is 27.1. The molecule has 3 aromatic carbocycles. The van der Waals surface area contributed by atoms with Crippen LogP contribution in [0.25, 0.3) is 11.1 Å². The van der Waals surface area contributed by atoms with Crippen molar-refractivity contribution in [2.45, 2.75) is 78.6 Å². The molecule has 0 aliphatic rings. The molecule has 3 rings (SSSR count). The van der Waals surface area contributed by atoms with Gasteiger partial charge < -0.3 is 19.9 Å². The van der Waals surface area contributed by atoms with Crippen LogP contribution in [0.1, 0.15) is 82.1 Å². The van der Waals surface area contributed by atoms with Gasteiger partial charge in [0.2, 0.25) is 0 Å². The number of benzene rings is 3. The van der Waals surface area contributed by atoms with Gasteiger partial charge in [0.15, 0.2) is 0 Å². The molecule has 1 atom stereocenters. The number of ether oxygens (including phenoxy) is 2. The number of rotatable bonds is 16. The van der Waals surface area contributed by atoms with Crippen LogP contribution >= 0.6 is 8.69 Å². The molecule has 230 valence electrons. The summed E-state index contributed by atoms with van der Waals surface area (Å²) in [6, 6.07) is 21.8. The lowest BCUT2D eigenvalue weighted by atomic mass is 9.97. The minimum absolute atomic E-state index is 0.363. The molecule has 9 heteroatoms. The Morgan fingerprint density at radius 1 is 0.837 bits per heavy atom. The zero-order valence-electron chi connectivity index (χ0n) is 25.4. The highest BCUT2D eigenvalue weighted by molar-refractivity contribution is 7.17. The van der Waals surface area contributed by atoms with Gasteiger partial charge in [-0.25, -0.2) is 9.09 Å². The van der Waals surface area contributed by atoms with Crippen molar-refractivity contribution in [2.75, 3.05) is 11.9 Å². The minimum Gasteiger partial charge on any atom is -0.494 e. The summed E-state index contributed by atoms with van der Waals surface area (Å²) in [6.07, 6.45) is 6.97. The Kier molecular flexibility index (Phi) is 12.9. The van der Waals surface area contributed by atoms with Crippen molar-refractivity contribution in [3.05, 3.63) is 83.9 Å². The van der Waals surface area contributed by atoms with Gasteiger partial charge in [-0.2, -0.15) is 0 Å². The molecule has 0 saturated carbocycles. The van der Waals surface area contributed by atoms with Crippen LogP contribution in [0.3, 0.4) is 0 Å². The number of unbranched alkanes of at least 4 members (excludes halogenated alkanes) is 5. The van der Waals surface area contributed by atoms with Gasteiger partial charge in [0.05, 0.1) is 18.4 Å². The van der Waals surface area contributed by atoms with Crippen LogP contribution in [0.15, 0.2) is 72.8 Å². The van der Waals surface area contributed by atoms with Crippen LogP contribution in [-0.2, 0) is 25.0 Å². The Hall–Kier alpha value is -3.58. The number of anilines is 1. The monoisotopic (exact) mass is 607 g/mol. The van der Waals surface area contributed by atoms with Crippen molar-refractivity contribution in [3.8, 4) is 16.9 Å². The summed E-state index contributed by atoms with van der Waals surface area (Å²) in [5.41, 5.74) is 2.26. The van der Waals surface area contributed by atoms with E-state index in [1.807, 2.05) is 36.4 Å². The van der Waals surface area contributed by atoms with Crippen molar-refractivity contribution in [2.24, 2.45) is 5.41 Å². The number of carbonyl (C=O) groups is 2. The normalized spacial score (nSPS) is 12.9. The fourth-order valence-corrected chi connectivity index (χ4v) is 4.52. The Labute approximate surface area is 256 Å². The molecule has 3 aromatic rings. The van der Waals surface area contributed by atoms with Crippen molar-refractivity contribution in [3.63, 3.8) is 0 Å². The molecule has 0 aromatic heterocycles. The highest BCUT2D eigenvalue weighted by Crippen LogP contribution is 2.29. The Morgan fingerprint density at radius 2 is 1.44 bits per heavy atom. The van der Waals surface area contributed by atoms with E-state index in [0.717, 1.165) is 23.3 Å². The number of esters is 1. The predicted molar refractivity (Wildman–Crippen MR) is 168 cm³/mol. The largest absolute Gasteiger partial charge is 0.494 e. The van der Waals surface area contributed by atoms with Crippen LogP contribution in [0.5, 0.6) is 5.75 Å². The lowest BCUT2D eigenvalue weighted by Gasteiger charge is -2.28. The minimum atomic E-state index is -2.50. The van der Waals surface area contributed by atoms with Crippen molar-refractivity contribution in [1.29, 1.82) is 0 Å². The number of amides is 1. The van der Waals surface area contributed by atoms with E-state index in [1.54, 1.807) is 57.2 Å². The Balaban J connectivity index is 1.61. The number of carbonyl (C=O) groups excluding carboxylic acids is 2. The summed E-state index contributed by atoms with van der Waals surface area (Å²) in [5, 5.41) is 13.7. The molecule has 0 bridgehead atoms. The quantitative estimate of drug-likeness (QED) is 0.0729. The van der Waals surface area contributed by atoms with Crippen molar-refractivity contribution in [1.82, 2.24) is 0 Å². The molecule has 0 heterocycles. The van der Waals surface area contributed by atoms with E-state index in [9.17, 15) is 19.3 Å². The standard InChI is InChI=1S/C34H42NO7P/c1-5-6-7-8-9-12-23-40-29-21-19-26(20-22-29)25-15-17-27(18-16-25)31(36)35-30-14-11-10-13-28(30)24-34(38,42-43-39)41-32(37)33(2,3)4/h10-11,13-22,38H,5-9,12,23-24H2,1-4H3,(H,35,36). The van der Waals surface area contributed by atoms with Crippen LogP contribution in [-0.4, -0.2) is 29.6 Å². The SMILES string of the molecule is CCCCCCCCOc1ccc(-c2ccc(C(=O)Nc3ccccc3CC(O)(OP=O)OC(=O)C(C)(C)C)cc2)cc1. The second kappa shape index (κ2) is 16.3. The Bertz CT molecular complexity index is 1340. The van der Waals surface area contributed by atoms with E-state index in [0.29, 0.717) is 23.4 Å². The molecule has 8 nitrogen and oxygen atoms in total. The van der Waals surface area contributed by atoms with Gasteiger partial charge in [-0.1, -0.05) is 81.5 Å². The first-order valence-electron chi connectivity index (χ1n) is 14.7. The third kappa shape index (κ3) is 10.9. The third-order valence-electron chi connectivity index (χ3n) is 6.83. The summed E-state index contributed by atoms with van der Waals surface area (Å²) in [5.74, 6) is -2.76. The average molecular weight is 608 g/mol. The fourth-order valence-electron chi connectivity index (χ4n) is 4.30. The molecular formula is C34H42NO7P. The predicted octanol–water partition coefficient (Wildman–Crippen LogP) is 8.35. The molecule has 0 saturated heterocycles. The lowest BCUT2D eigenvalue weighted by molar-refractivity contribution is -0.302. The second-order valence-electron chi connectivity index (χ2n) is 11.5. The molecule has 0 aliphatic heterocycles. The Morgan fingerprint density at radius 3 is 2.07 bits per heavy atom. The van der Waals surface area contributed by atoms with E-state index in [-0.39, 0.29) is 12.3 Å². The molecule has 1 amide bonds. The summed E-state index contributed by atoms with van der Waals surface area (Å²) >= 11 is 0. The van der Waals surface area contributed by atoms with Gasteiger partial charge in [-0.3, -0.25) is 9.59 Å². The smallest absolute Gasteiger partial charge is 0.341 e. The molecule has 1 unspecified atom stereocenters. The summed E-state index contributed by atoms with van der Waals surface area (Å²) in [4.78, 5) is 25.5. The van der Waals surface area contributed by atoms with Gasteiger partial charge in [-0.05, 0) is 74.2 Å².